The van der Waals surface area contributed by atoms with Gasteiger partial charge in [-0.3, -0.25) is 19.7 Å². The third-order valence-corrected chi connectivity index (χ3v) is 2.81. The molecule has 0 aromatic heterocycles. The van der Waals surface area contributed by atoms with Crippen molar-refractivity contribution in [3.8, 4) is 0 Å². The molecule has 0 saturated carbocycles. The van der Waals surface area contributed by atoms with Crippen LogP contribution in [0.4, 0.5) is 10.1 Å². The molecule has 1 aromatic carbocycles. The fourth-order valence-electron chi connectivity index (χ4n) is 1.76. The van der Waals surface area contributed by atoms with Gasteiger partial charge < -0.3 is 10.6 Å². The fraction of sp³-hybridized carbons (Fsp3) is 0.385. The van der Waals surface area contributed by atoms with E-state index in [-0.39, 0.29) is 12.1 Å². The van der Waals surface area contributed by atoms with Crippen molar-refractivity contribution in [2.75, 3.05) is 13.1 Å². The van der Waals surface area contributed by atoms with E-state index >= 15 is 0 Å². The molecule has 2 N–H and O–H groups in total. The monoisotopic (exact) mass is 297 g/mol. The highest BCUT2D eigenvalue weighted by atomic mass is 19.1. The number of nitrogens with zero attached hydrogens (tertiary/aromatic N) is 2. The zero-order valence-electron chi connectivity index (χ0n) is 11.5. The quantitative estimate of drug-likeness (QED) is 0.607. The number of carbonyl (C=O) groups excluding carboxylic acids is 2. The van der Waals surface area contributed by atoms with E-state index in [9.17, 15) is 24.1 Å². The summed E-state index contributed by atoms with van der Waals surface area (Å²) in [5.74, 6) is -2.30. The molecule has 0 aliphatic heterocycles. The van der Waals surface area contributed by atoms with Crippen LogP contribution in [0, 0.1) is 15.9 Å². The van der Waals surface area contributed by atoms with E-state index < -0.39 is 28.2 Å². The topological polar surface area (TPSA) is 107 Å². The molecule has 2 amide bonds. The van der Waals surface area contributed by atoms with Crippen LogP contribution in [0.5, 0.6) is 0 Å². The number of carbonyl (C=O) groups is 2. The van der Waals surface area contributed by atoms with Crippen molar-refractivity contribution in [2.45, 2.75) is 19.8 Å². The molecule has 0 saturated heterocycles. The Labute approximate surface area is 120 Å². The molecule has 0 atom stereocenters. The fourth-order valence-corrected chi connectivity index (χ4v) is 1.76. The average molecular weight is 297 g/mol. The smallest absolute Gasteiger partial charge is 0.305 e. The zero-order valence-corrected chi connectivity index (χ0v) is 11.5. The summed E-state index contributed by atoms with van der Waals surface area (Å²) in [6.45, 7) is 1.92. The number of halogens is 1. The molecule has 1 aromatic rings. The number of primary amides is 1. The van der Waals surface area contributed by atoms with E-state index in [0.29, 0.717) is 13.0 Å². The summed E-state index contributed by atoms with van der Waals surface area (Å²) < 4.78 is 13.3. The Bertz CT molecular complexity index is 562. The average Bonchev–Trinajstić information content (AvgIpc) is 2.42. The Morgan fingerprint density at radius 2 is 2.10 bits per heavy atom. The second kappa shape index (κ2) is 7.32. The lowest BCUT2D eigenvalue weighted by molar-refractivity contribution is -0.387. The normalized spacial score (nSPS) is 10.2. The Morgan fingerprint density at radius 1 is 1.43 bits per heavy atom. The molecular weight excluding hydrogens is 281 g/mol. The summed E-state index contributed by atoms with van der Waals surface area (Å²) in [6.07, 6.45) is 1.45. The Morgan fingerprint density at radius 3 is 2.62 bits per heavy atom. The number of amides is 2. The van der Waals surface area contributed by atoms with Crippen LogP contribution in [0.25, 0.3) is 0 Å². The third-order valence-electron chi connectivity index (χ3n) is 2.81. The minimum Gasteiger partial charge on any atom is -0.368 e. The molecule has 7 nitrogen and oxygen atoms in total. The number of nitrogens with two attached hydrogens (primary N) is 1. The van der Waals surface area contributed by atoms with Crippen LogP contribution in [0.15, 0.2) is 18.2 Å². The van der Waals surface area contributed by atoms with Crippen LogP contribution in [0.1, 0.15) is 30.1 Å². The predicted octanol–water partition coefficient (Wildman–Crippen LogP) is 1.46. The molecule has 0 aliphatic carbocycles. The number of rotatable bonds is 7. The molecule has 21 heavy (non-hydrogen) atoms. The summed E-state index contributed by atoms with van der Waals surface area (Å²) in [4.78, 5) is 34.2. The maximum atomic E-state index is 13.3. The lowest BCUT2D eigenvalue weighted by atomic mass is 10.1. The van der Waals surface area contributed by atoms with Gasteiger partial charge in [0.1, 0.15) is 0 Å². The van der Waals surface area contributed by atoms with Gasteiger partial charge >= 0.3 is 5.69 Å². The minimum atomic E-state index is -1.02. The van der Waals surface area contributed by atoms with Gasteiger partial charge in [0.2, 0.25) is 11.7 Å². The van der Waals surface area contributed by atoms with Crippen molar-refractivity contribution in [1.29, 1.82) is 0 Å². The first-order chi connectivity index (χ1) is 9.86. The van der Waals surface area contributed by atoms with Crippen molar-refractivity contribution in [1.82, 2.24) is 4.90 Å². The molecule has 0 fully saturated rings. The molecule has 0 spiro atoms. The van der Waals surface area contributed by atoms with E-state index in [2.05, 4.69) is 0 Å². The summed E-state index contributed by atoms with van der Waals surface area (Å²) in [7, 11) is 0. The van der Waals surface area contributed by atoms with Gasteiger partial charge in [0.25, 0.3) is 5.91 Å². The van der Waals surface area contributed by atoms with Crippen molar-refractivity contribution in [2.24, 2.45) is 5.73 Å². The molecule has 1 rings (SSSR count). The summed E-state index contributed by atoms with van der Waals surface area (Å²) >= 11 is 0. The Hall–Kier alpha value is -2.51. The lowest BCUT2D eigenvalue weighted by Gasteiger charge is -2.20. The van der Waals surface area contributed by atoms with Crippen LogP contribution in [0.3, 0.4) is 0 Å². The summed E-state index contributed by atoms with van der Waals surface area (Å²) in [6, 6.07) is 2.86. The van der Waals surface area contributed by atoms with E-state index in [1.165, 1.54) is 4.90 Å². The van der Waals surface area contributed by atoms with Crippen molar-refractivity contribution < 1.29 is 18.9 Å². The van der Waals surface area contributed by atoms with Crippen LogP contribution >= 0.6 is 0 Å². The Balaban J connectivity index is 3.05. The predicted molar refractivity (Wildman–Crippen MR) is 73.1 cm³/mol. The van der Waals surface area contributed by atoms with E-state index in [4.69, 9.17) is 5.73 Å². The van der Waals surface area contributed by atoms with Crippen molar-refractivity contribution in [3.63, 3.8) is 0 Å². The van der Waals surface area contributed by atoms with Crippen LogP contribution in [-0.4, -0.2) is 34.7 Å². The summed E-state index contributed by atoms with van der Waals surface area (Å²) in [5, 5.41) is 10.7. The first-order valence-electron chi connectivity index (χ1n) is 6.38. The number of nitro benzene ring substituents is 1. The molecule has 114 valence electrons. The second-order valence-corrected chi connectivity index (χ2v) is 4.47. The van der Waals surface area contributed by atoms with Gasteiger partial charge in [-0.25, -0.2) is 0 Å². The van der Waals surface area contributed by atoms with Crippen LogP contribution in [0.2, 0.25) is 0 Å². The van der Waals surface area contributed by atoms with Gasteiger partial charge in [0, 0.05) is 18.2 Å². The highest BCUT2D eigenvalue weighted by Crippen LogP contribution is 2.19. The van der Waals surface area contributed by atoms with E-state index in [0.717, 1.165) is 24.6 Å². The SMILES string of the molecule is CCCCN(CC(N)=O)C(=O)c1ccc(F)c([N+](=O)[O-])c1. The molecular formula is C13H16FN3O4. The number of hydrogen-bond donors (Lipinski definition) is 1. The number of unbranched alkanes of at least 4 members (excludes halogenated alkanes) is 1. The highest BCUT2D eigenvalue weighted by Gasteiger charge is 2.22. The summed E-state index contributed by atoms with van der Waals surface area (Å²) in [5.41, 5.74) is 4.24. The molecule has 0 unspecified atom stereocenters. The van der Waals surface area contributed by atoms with Gasteiger partial charge in [-0.2, -0.15) is 4.39 Å². The Kier molecular flexibility index (Phi) is 5.77. The number of nitro groups is 1. The first kappa shape index (κ1) is 16.5. The standard InChI is InChI=1S/C13H16FN3O4/c1-2-3-6-16(8-12(15)18)13(19)9-4-5-10(14)11(7-9)17(20)21/h4-5,7H,2-3,6,8H2,1H3,(H2,15,18). The van der Waals surface area contributed by atoms with Gasteiger partial charge in [0.05, 0.1) is 11.5 Å². The van der Waals surface area contributed by atoms with E-state index in [1.807, 2.05) is 6.92 Å². The van der Waals surface area contributed by atoms with Gasteiger partial charge in [-0.05, 0) is 18.6 Å². The maximum Gasteiger partial charge on any atom is 0.305 e. The molecule has 0 heterocycles. The minimum absolute atomic E-state index is 0.0551. The number of benzene rings is 1. The largest absolute Gasteiger partial charge is 0.368 e. The van der Waals surface area contributed by atoms with Gasteiger partial charge in [0.15, 0.2) is 0 Å². The van der Waals surface area contributed by atoms with Crippen LogP contribution < -0.4 is 5.73 Å². The molecule has 0 radical (unpaired) electrons. The lowest BCUT2D eigenvalue weighted by Crippen LogP contribution is -2.39. The van der Waals surface area contributed by atoms with E-state index in [1.54, 1.807) is 0 Å². The second-order valence-electron chi connectivity index (χ2n) is 4.47. The molecule has 8 heteroatoms. The molecule has 0 aliphatic rings. The maximum absolute atomic E-state index is 13.3. The zero-order chi connectivity index (χ0) is 16.0. The number of hydrogen-bond acceptors (Lipinski definition) is 4. The van der Waals surface area contributed by atoms with Crippen LogP contribution in [-0.2, 0) is 4.79 Å². The first-order valence-corrected chi connectivity index (χ1v) is 6.38. The van der Waals surface area contributed by atoms with Crippen molar-refractivity contribution in [3.05, 3.63) is 39.7 Å². The van der Waals surface area contributed by atoms with Gasteiger partial charge in [-0.15, -0.1) is 0 Å². The van der Waals surface area contributed by atoms with Crippen molar-refractivity contribution >= 4 is 17.5 Å². The molecule has 0 bridgehead atoms. The third kappa shape index (κ3) is 4.51. The highest BCUT2D eigenvalue weighted by molar-refractivity contribution is 5.96. The van der Waals surface area contributed by atoms with Gasteiger partial charge in [-0.1, -0.05) is 13.3 Å².